The van der Waals surface area contributed by atoms with Crippen LogP contribution in [0.1, 0.15) is 0 Å². The lowest BCUT2D eigenvalue weighted by molar-refractivity contribution is 0.669. The molecule has 0 atom stereocenters. The maximum atomic E-state index is 6.34. The summed E-state index contributed by atoms with van der Waals surface area (Å²) in [6, 6.07) is 59.3. The van der Waals surface area contributed by atoms with Crippen molar-refractivity contribution in [3.63, 3.8) is 0 Å². The lowest BCUT2D eigenvalue weighted by Gasteiger charge is -2.11. The van der Waals surface area contributed by atoms with Crippen molar-refractivity contribution in [1.82, 2.24) is 19.5 Å². The van der Waals surface area contributed by atoms with E-state index in [2.05, 4.69) is 162 Å². The highest BCUT2D eigenvalue weighted by molar-refractivity contribution is 6.11. The predicted octanol–water partition coefficient (Wildman–Crippen LogP) is 12.2. The molecule has 8 aromatic carbocycles. The van der Waals surface area contributed by atoms with Crippen LogP contribution in [0, 0.1) is 0 Å². The van der Waals surface area contributed by atoms with Gasteiger partial charge in [-0.1, -0.05) is 109 Å². The average molecular weight is 665 g/mol. The van der Waals surface area contributed by atoms with Crippen molar-refractivity contribution < 1.29 is 4.42 Å². The topological polar surface area (TPSA) is 56.7 Å². The molecule has 5 nitrogen and oxygen atoms in total. The number of benzene rings is 8. The molecule has 0 spiro atoms. The van der Waals surface area contributed by atoms with E-state index >= 15 is 0 Å². The molecule has 0 saturated carbocycles. The number of hydrogen-bond acceptors (Lipinski definition) is 4. The Balaban J connectivity index is 1.14. The zero-order valence-electron chi connectivity index (χ0n) is 27.9. The van der Waals surface area contributed by atoms with E-state index in [1.165, 1.54) is 21.5 Å². The fourth-order valence-corrected chi connectivity index (χ4v) is 7.66. The van der Waals surface area contributed by atoms with Gasteiger partial charge in [0.05, 0.1) is 11.0 Å². The Kier molecular flexibility index (Phi) is 6.18. The third-order valence-corrected chi connectivity index (χ3v) is 10.2. The largest absolute Gasteiger partial charge is 0.456 e. The summed E-state index contributed by atoms with van der Waals surface area (Å²) < 4.78 is 8.66. The van der Waals surface area contributed by atoms with Gasteiger partial charge in [-0.15, -0.1) is 0 Å². The Bertz CT molecular complexity index is 3190. The minimum Gasteiger partial charge on any atom is -0.456 e. The summed E-state index contributed by atoms with van der Waals surface area (Å²) in [4.78, 5) is 15.5. The Morgan fingerprint density at radius 3 is 1.69 bits per heavy atom. The van der Waals surface area contributed by atoms with E-state index < -0.39 is 0 Å². The maximum absolute atomic E-state index is 6.34. The minimum atomic E-state index is 0.605. The van der Waals surface area contributed by atoms with Crippen LogP contribution in [0.25, 0.3) is 105 Å². The van der Waals surface area contributed by atoms with E-state index in [0.29, 0.717) is 17.5 Å². The molecular formula is C47H28N4O. The van der Waals surface area contributed by atoms with Gasteiger partial charge >= 0.3 is 0 Å². The lowest BCUT2D eigenvalue weighted by atomic mass is 10.0. The van der Waals surface area contributed by atoms with Crippen LogP contribution in [-0.2, 0) is 0 Å². The van der Waals surface area contributed by atoms with Crippen molar-refractivity contribution >= 4 is 65.3 Å². The Hall–Kier alpha value is -7.11. The molecule has 0 unspecified atom stereocenters. The molecule has 0 aliphatic carbocycles. The summed E-state index contributed by atoms with van der Waals surface area (Å²) in [5, 5.41) is 9.11. The van der Waals surface area contributed by atoms with Gasteiger partial charge in [0, 0.05) is 43.9 Å². The molecule has 0 fully saturated rings. The Morgan fingerprint density at radius 1 is 0.346 bits per heavy atom. The van der Waals surface area contributed by atoms with Crippen molar-refractivity contribution in [2.45, 2.75) is 0 Å². The van der Waals surface area contributed by atoms with E-state index in [1.54, 1.807) is 0 Å². The van der Waals surface area contributed by atoms with Crippen molar-refractivity contribution in [3.05, 3.63) is 170 Å². The number of fused-ring (bicyclic) bond motifs is 8. The second-order valence-corrected chi connectivity index (χ2v) is 13.3. The first-order valence-corrected chi connectivity index (χ1v) is 17.4. The zero-order chi connectivity index (χ0) is 34.2. The van der Waals surface area contributed by atoms with Gasteiger partial charge in [0.1, 0.15) is 11.2 Å². The van der Waals surface area contributed by atoms with Crippen molar-refractivity contribution in [1.29, 1.82) is 0 Å². The van der Waals surface area contributed by atoms with Crippen LogP contribution < -0.4 is 0 Å². The first-order valence-electron chi connectivity index (χ1n) is 17.4. The van der Waals surface area contributed by atoms with Crippen LogP contribution in [0.5, 0.6) is 0 Å². The van der Waals surface area contributed by atoms with Crippen molar-refractivity contribution in [2.75, 3.05) is 0 Å². The number of aromatic nitrogens is 4. The van der Waals surface area contributed by atoms with Crippen LogP contribution in [0.15, 0.2) is 174 Å². The predicted molar refractivity (Wildman–Crippen MR) is 213 cm³/mol. The molecule has 11 rings (SSSR count). The zero-order valence-corrected chi connectivity index (χ0v) is 27.9. The fraction of sp³-hybridized carbons (Fsp3) is 0. The SMILES string of the molecule is c1ccc(-n2c3ccccc3c3ccc(-c4nc(-c5ccc6ccccc6c5)nc(-c5ccc6oc7cc8ccccc8cc7c6c5)n4)cc32)cc1. The molecule has 5 heteroatoms. The normalized spacial score (nSPS) is 11.8. The van der Waals surface area contributed by atoms with Gasteiger partial charge in [-0.3, -0.25) is 0 Å². The quantitative estimate of drug-likeness (QED) is 0.188. The summed E-state index contributed by atoms with van der Waals surface area (Å²) in [6.45, 7) is 0. The molecule has 3 aromatic heterocycles. The van der Waals surface area contributed by atoms with Crippen LogP contribution in [0.2, 0.25) is 0 Å². The highest BCUT2D eigenvalue weighted by Crippen LogP contribution is 2.37. The molecule has 0 bridgehead atoms. The Morgan fingerprint density at radius 2 is 0.904 bits per heavy atom. The monoisotopic (exact) mass is 664 g/mol. The molecular weight excluding hydrogens is 637 g/mol. The Labute approximate surface area is 298 Å². The third kappa shape index (κ3) is 4.53. The summed E-state index contributed by atoms with van der Waals surface area (Å²) in [7, 11) is 0. The summed E-state index contributed by atoms with van der Waals surface area (Å²) >= 11 is 0. The van der Waals surface area contributed by atoms with Gasteiger partial charge in [-0.2, -0.15) is 0 Å². The van der Waals surface area contributed by atoms with Gasteiger partial charge in [0.15, 0.2) is 17.5 Å². The standard InChI is InChI=1S/C47H28N4O/c1-2-14-36(15-3-1)51-41-17-9-8-16-37(41)38-22-20-35(27-42(38)51)47-49-45(33-19-18-29-10-4-5-11-30(29)24-33)48-46(50-47)34-21-23-43-39(26-34)40-25-31-12-6-7-13-32(31)28-44(40)52-43/h1-28H. The van der Waals surface area contributed by atoms with Crippen molar-refractivity contribution in [2.24, 2.45) is 0 Å². The van der Waals surface area contributed by atoms with Crippen LogP contribution in [0.4, 0.5) is 0 Å². The summed E-state index contributed by atoms with van der Waals surface area (Å²) in [5.74, 6) is 1.84. The van der Waals surface area contributed by atoms with Gasteiger partial charge in [-0.25, -0.2) is 15.0 Å². The molecule has 0 saturated heterocycles. The lowest BCUT2D eigenvalue weighted by Crippen LogP contribution is -2.00. The van der Waals surface area contributed by atoms with E-state index in [0.717, 1.165) is 66.1 Å². The number of furan rings is 1. The first kappa shape index (κ1) is 28.7. The van der Waals surface area contributed by atoms with E-state index in [1.807, 2.05) is 12.1 Å². The molecule has 242 valence electrons. The smallest absolute Gasteiger partial charge is 0.164 e. The van der Waals surface area contributed by atoms with E-state index in [9.17, 15) is 0 Å². The second-order valence-electron chi connectivity index (χ2n) is 13.3. The first-order chi connectivity index (χ1) is 25.7. The number of para-hydroxylation sites is 2. The highest BCUT2D eigenvalue weighted by atomic mass is 16.3. The number of hydrogen-bond donors (Lipinski definition) is 0. The van der Waals surface area contributed by atoms with E-state index in [4.69, 9.17) is 19.4 Å². The highest BCUT2D eigenvalue weighted by Gasteiger charge is 2.18. The fourth-order valence-electron chi connectivity index (χ4n) is 7.66. The molecule has 0 amide bonds. The van der Waals surface area contributed by atoms with Crippen molar-refractivity contribution in [3.8, 4) is 39.9 Å². The molecule has 3 heterocycles. The molecule has 11 aromatic rings. The van der Waals surface area contributed by atoms with Crippen LogP contribution >= 0.6 is 0 Å². The maximum Gasteiger partial charge on any atom is 0.164 e. The number of rotatable bonds is 4. The molecule has 0 aliphatic rings. The van der Waals surface area contributed by atoms with E-state index in [-0.39, 0.29) is 0 Å². The average Bonchev–Trinajstić information content (AvgIpc) is 3.74. The van der Waals surface area contributed by atoms with Gasteiger partial charge in [0.25, 0.3) is 0 Å². The van der Waals surface area contributed by atoms with Gasteiger partial charge in [-0.05, 0) is 82.2 Å². The molecule has 0 aliphatic heterocycles. The van der Waals surface area contributed by atoms with Gasteiger partial charge in [0.2, 0.25) is 0 Å². The summed E-state index contributed by atoms with van der Waals surface area (Å²) in [5.41, 5.74) is 7.79. The minimum absolute atomic E-state index is 0.605. The van der Waals surface area contributed by atoms with Gasteiger partial charge < -0.3 is 8.98 Å². The van der Waals surface area contributed by atoms with Crippen LogP contribution in [-0.4, -0.2) is 19.5 Å². The molecule has 0 radical (unpaired) electrons. The number of nitrogens with zero attached hydrogens (tertiary/aromatic N) is 4. The second kappa shape index (κ2) is 11.2. The van der Waals surface area contributed by atoms with Crippen LogP contribution in [0.3, 0.4) is 0 Å². The molecule has 0 N–H and O–H groups in total. The molecule has 52 heavy (non-hydrogen) atoms. The summed E-state index contributed by atoms with van der Waals surface area (Å²) in [6.07, 6.45) is 0. The third-order valence-electron chi connectivity index (χ3n) is 10.2.